The van der Waals surface area contributed by atoms with Crippen LogP contribution in [0.3, 0.4) is 0 Å². The molecule has 0 aromatic carbocycles. The summed E-state index contributed by atoms with van der Waals surface area (Å²) in [5, 5.41) is 9.10. The number of rotatable bonds is 4. The Morgan fingerprint density at radius 2 is 2.33 bits per heavy atom. The first-order valence-corrected chi connectivity index (χ1v) is 5.79. The molecular formula is C10H20N2O2S. The molecule has 1 fully saturated rings. The van der Waals surface area contributed by atoms with Crippen LogP contribution >= 0.6 is 12.2 Å². The molecule has 1 heterocycles. The van der Waals surface area contributed by atoms with E-state index in [1.807, 2.05) is 6.92 Å². The Hall–Kier alpha value is -0.230. The summed E-state index contributed by atoms with van der Waals surface area (Å²) in [6, 6.07) is 0.125. The minimum Gasteiger partial charge on any atom is -0.394 e. The van der Waals surface area contributed by atoms with Crippen molar-refractivity contribution in [1.29, 1.82) is 0 Å². The highest BCUT2D eigenvalue weighted by molar-refractivity contribution is 7.80. The Morgan fingerprint density at radius 3 is 2.80 bits per heavy atom. The highest BCUT2D eigenvalue weighted by atomic mass is 32.1. The molecule has 1 saturated heterocycles. The average molecular weight is 232 g/mol. The van der Waals surface area contributed by atoms with Crippen molar-refractivity contribution >= 4 is 17.2 Å². The van der Waals surface area contributed by atoms with Gasteiger partial charge < -0.3 is 15.6 Å². The molecular weight excluding hydrogens is 212 g/mol. The Labute approximate surface area is 96.4 Å². The Morgan fingerprint density at radius 1 is 1.67 bits per heavy atom. The van der Waals surface area contributed by atoms with Gasteiger partial charge in [-0.1, -0.05) is 19.1 Å². The molecule has 3 N–H and O–H groups in total. The summed E-state index contributed by atoms with van der Waals surface area (Å²) >= 11 is 5.04. The summed E-state index contributed by atoms with van der Waals surface area (Å²) in [6.45, 7) is 5.65. The van der Waals surface area contributed by atoms with E-state index in [9.17, 15) is 0 Å². The fraction of sp³-hybridized carbons (Fsp3) is 0.900. The fourth-order valence-corrected chi connectivity index (χ4v) is 2.39. The molecule has 0 aromatic heterocycles. The zero-order valence-electron chi connectivity index (χ0n) is 9.35. The molecule has 0 aliphatic carbocycles. The second-order valence-corrected chi connectivity index (χ2v) is 4.50. The van der Waals surface area contributed by atoms with Crippen molar-refractivity contribution in [2.75, 3.05) is 19.7 Å². The van der Waals surface area contributed by atoms with Crippen LogP contribution in [0.5, 0.6) is 0 Å². The molecule has 1 aliphatic rings. The van der Waals surface area contributed by atoms with Gasteiger partial charge >= 0.3 is 0 Å². The lowest BCUT2D eigenvalue weighted by Crippen LogP contribution is -2.55. The van der Waals surface area contributed by atoms with Gasteiger partial charge in [0.1, 0.15) is 0 Å². The van der Waals surface area contributed by atoms with E-state index in [1.165, 1.54) is 0 Å². The lowest BCUT2D eigenvalue weighted by molar-refractivity contribution is -0.0996. The standard InChI is InChI=1S/C10H20N2O2S/c1-3-9(10(11)15)12-4-7(2)14-8(5-12)6-13/h7-9,13H,3-6H2,1-2H3,(H2,11,15). The van der Waals surface area contributed by atoms with Crippen LogP contribution in [-0.2, 0) is 4.74 Å². The molecule has 1 rings (SSSR count). The maximum atomic E-state index is 9.10. The van der Waals surface area contributed by atoms with Crippen molar-refractivity contribution in [3.8, 4) is 0 Å². The largest absolute Gasteiger partial charge is 0.394 e. The quantitative estimate of drug-likeness (QED) is 0.675. The van der Waals surface area contributed by atoms with E-state index < -0.39 is 0 Å². The lowest BCUT2D eigenvalue weighted by Gasteiger charge is -2.40. The predicted molar refractivity (Wildman–Crippen MR) is 63.9 cm³/mol. The smallest absolute Gasteiger partial charge is 0.0936 e. The van der Waals surface area contributed by atoms with Crippen molar-refractivity contribution in [2.45, 2.75) is 38.5 Å². The van der Waals surface area contributed by atoms with Gasteiger partial charge in [0.15, 0.2) is 0 Å². The molecule has 15 heavy (non-hydrogen) atoms. The molecule has 0 bridgehead atoms. The normalized spacial score (nSPS) is 30.1. The van der Waals surface area contributed by atoms with Gasteiger partial charge in [0.2, 0.25) is 0 Å². The second-order valence-electron chi connectivity index (χ2n) is 4.03. The summed E-state index contributed by atoms with van der Waals surface area (Å²) < 4.78 is 5.56. The van der Waals surface area contributed by atoms with E-state index in [4.69, 9.17) is 27.8 Å². The van der Waals surface area contributed by atoms with E-state index in [0.717, 1.165) is 13.0 Å². The van der Waals surface area contributed by atoms with E-state index >= 15 is 0 Å². The summed E-state index contributed by atoms with van der Waals surface area (Å²) in [4.78, 5) is 2.74. The number of hydrogen-bond acceptors (Lipinski definition) is 4. The van der Waals surface area contributed by atoms with Gasteiger partial charge in [-0.3, -0.25) is 4.90 Å². The maximum Gasteiger partial charge on any atom is 0.0936 e. The molecule has 1 aliphatic heterocycles. The number of aliphatic hydroxyl groups excluding tert-OH is 1. The number of morpholine rings is 1. The summed E-state index contributed by atoms with van der Waals surface area (Å²) in [5.74, 6) is 0. The van der Waals surface area contributed by atoms with Crippen LogP contribution in [0.2, 0.25) is 0 Å². The van der Waals surface area contributed by atoms with Crippen LogP contribution in [0.25, 0.3) is 0 Å². The molecule has 0 spiro atoms. The van der Waals surface area contributed by atoms with Crippen LogP contribution in [0.1, 0.15) is 20.3 Å². The van der Waals surface area contributed by atoms with Gasteiger partial charge in [0.25, 0.3) is 0 Å². The van der Waals surface area contributed by atoms with E-state index in [1.54, 1.807) is 0 Å². The Bertz CT molecular complexity index is 225. The van der Waals surface area contributed by atoms with Crippen LogP contribution in [0.15, 0.2) is 0 Å². The predicted octanol–water partition coefficient (Wildman–Crippen LogP) is 0.133. The molecule has 0 radical (unpaired) electrons. The number of thiocarbonyl (C=S) groups is 1. The van der Waals surface area contributed by atoms with Gasteiger partial charge in [-0.2, -0.15) is 0 Å². The molecule has 5 heteroatoms. The highest BCUT2D eigenvalue weighted by Gasteiger charge is 2.29. The molecule has 0 saturated carbocycles. The first-order chi connectivity index (χ1) is 7.08. The van der Waals surface area contributed by atoms with E-state index in [-0.39, 0.29) is 24.9 Å². The molecule has 88 valence electrons. The number of hydrogen-bond donors (Lipinski definition) is 2. The number of nitrogens with two attached hydrogens (primary N) is 1. The van der Waals surface area contributed by atoms with Crippen LogP contribution in [0.4, 0.5) is 0 Å². The van der Waals surface area contributed by atoms with Crippen molar-refractivity contribution in [3.63, 3.8) is 0 Å². The first kappa shape index (κ1) is 12.8. The van der Waals surface area contributed by atoms with Gasteiger partial charge in [-0.25, -0.2) is 0 Å². The maximum absolute atomic E-state index is 9.10. The zero-order chi connectivity index (χ0) is 11.4. The van der Waals surface area contributed by atoms with Crippen LogP contribution < -0.4 is 5.73 Å². The van der Waals surface area contributed by atoms with Gasteiger partial charge in [0.05, 0.1) is 29.8 Å². The SMILES string of the molecule is CCC(C(N)=S)N1CC(C)OC(CO)C1. The minimum absolute atomic E-state index is 0.0502. The van der Waals surface area contributed by atoms with Gasteiger partial charge in [-0.15, -0.1) is 0 Å². The minimum atomic E-state index is -0.114. The average Bonchev–Trinajstić information content (AvgIpc) is 2.17. The van der Waals surface area contributed by atoms with E-state index in [2.05, 4.69) is 11.8 Å². The lowest BCUT2D eigenvalue weighted by atomic mass is 10.1. The first-order valence-electron chi connectivity index (χ1n) is 5.38. The summed E-state index contributed by atoms with van der Waals surface area (Å²) in [7, 11) is 0. The Kier molecular flexibility index (Phi) is 4.92. The third-order valence-corrected chi connectivity index (χ3v) is 2.99. The third-order valence-electron chi connectivity index (χ3n) is 2.71. The van der Waals surface area contributed by atoms with E-state index in [0.29, 0.717) is 11.5 Å². The van der Waals surface area contributed by atoms with Crippen molar-refractivity contribution in [2.24, 2.45) is 5.73 Å². The number of nitrogens with zero attached hydrogens (tertiary/aromatic N) is 1. The molecule has 3 atom stereocenters. The van der Waals surface area contributed by atoms with Crippen molar-refractivity contribution in [1.82, 2.24) is 4.90 Å². The summed E-state index contributed by atoms with van der Waals surface area (Å²) in [5.41, 5.74) is 5.70. The third kappa shape index (κ3) is 3.38. The zero-order valence-corrected chi connectivity index (χ0v) is 10.2. The molecule has 4 nitrogen and oxygen atoms in total. The van der Waals surface area contributed by atoms with Crippen molar-refractivity contribution < 1.29 is 9.84 Å². The number of ether oxygens (including phenoxy) is 1. The Balaban J connectivity index is 2.63. The number of aliphatic hydroxyl groups is 1. The molecule has 3 unspecified atom stereocenters. The fourth-order valence-electron chi connectivity index (χ4n) is 2.08. The topological polar surface area (TPSA) is 58.7 Å². The molecule has 0 aromatic rings. The summed E-state index contributed by atoms with van der Waals surface area (Å²) in [6.07, 6.45) is 0.914. The monoisotopic (exact) mass is 232 g/mol. The van der Waals surface area contributed by atoms with Crippen molar-refractivity contribution in [3.05, 3.63) is 0 Å². The molecule has 0 amide bonds. The van der Waals surface area contributed by atoms with Crippen LogP contribution in [0, 0.1) is 0 Å². The van der Waals surface area contributed by atoms with Crippen LogP contribution in [-0.4, -0.2) is 52.9 Å². The second kappa shape index (κ2) is 5.75. The van der Waals surface area contributed by atoms with Gasteiger partial charge in [-0.05, 0) is 13.3 Å². The highest BCUT2D eigenvalue weighted by Crippen LogP contribution is 2.15. The van der Waals surface area contributed by atoms with Gasteiger partial charge in [0, 0.05) is 13.1 Å².